The molecule has 0 aromatic heterocycles. The number of carbonyl (C=O) groups is 3. The number of aliphatic hydroxyl groups excluding tert-OH is 1. The van der Waals surface area contributed by atoms with Gasteiger partial charge in [0.05, 0.1) is 15.9 Å². The molecule has 3 atom stereocenters. The molecule has 0 aliphatic carbocycles. The number of carbonyl (C=O) groups excluding carboxylic acids is 2. The van der Waals surface area contributed by atoms with Crippen LogP contribution < -0.4 is 0 Å². The molecule has 0 saturated heterocycles. The van der Waals surface area contributed by atoms with Crippen LogP contribution in [-0.4, -0.2) is 40.3 Å². The molecule has 0 bridgehead atoms. The van der Waals surface area contributed by atoms with Gasteiger partial charge in [-0.05, 0) is 6.92 Å². The van der Waals surface area contributed by atoms with Crippen molar-refractivity contribution in [3.05, 3.63) is 0 Å². The summed E-state index contributed by atoms with van der Waals surface area (Å²) < 4.78 is 8.60. The van der Waals surface area contributed by atoms with Gasteiger partial charge in [0.2, 0.25) is 0 Å². The van der Waals surface area contributed by atoms with E-state index in [0.717, 1.165) is 0 Å². The zero-order chi connectivity index (χ0) is 12.0. The van der Waals surface area contributed by atoms with Crippen molar-refractivity contribution in [3.63, 3.8) is 0 Å². The fraction of sp³-hybridized carbons (Fsp3) is 0.571. The van der Waals surface area contributed by atoms with E-state index in [1.54, 1.807) is 9.47 Å². The molecule has 0 fully saturated rings. The van der Waals surface area contributed by atoms with Gasteiger partial charge in [0.25, 0.3) is 0 Å². The molecule has 2 N–H and O–H groups in total. The molecule has 1 unspecified atom stereocenters. The van der Waals surface area contributed by atoms with Crippen molar-refractivity contribution in [2.45, 2.75) is 25.6 Å². The van der Waals surface area contributed by atoms with Crippen molar-refractivity contribution < 1.29 is 33.9 Å². The first kappa shape index (κ1) is 13.8. The van der Waals surface area contributed by atoms with E-state index in [0.29, 0.717) is 0 Å². The molecule has 86 valence electrons. The van der Waals surface area contributed by atoms with E-state index in [1.807, 2.05) is 0 Å². The lowest BCUT2D eigenvalue weighted by Gasteiger charge is -2.12. The molecule has 0 spiro atoms. The lowest BCUT2D eigenvalue weighted by atomic mass is 10.2. The van der Waals surface area contributed by atoms with E-state index in [9.17, 15) is 14.4 Å². The number of hydrogen-bond donors (Lipinski definition) is 2. The Kier molecular flexibility index (Phi) is 5.81. The Hall–Kier alpha value is -1.20. The summed E-state index contributed by atoms with van der Waals surface area (Å²) in [5.41, 5.74) is 0. The summed E-state index contributed by atoms with van der Waals surface area (Å²) in [5, 5.41) is 17.2. The van der Waals surface area contributed by atoms with Crippen LogP contribution in [0.3, 0.4) is 0 Å². The Morgan fingerprint density at radius 3 is 2.27 bits per heavy atom. The predicted octanol–water partition coefficient (Wildman–Crippen LogP) is -0.913. The average molecular weight is 238 g/mol. The second-order valence-corrected chi connectivity index (χ2v) is 2.87. The van der Waals surface area contributed by atoms with E-state index in [1.165, 1.54) is 6.92 Å². The van der Waals surface area contributed by atoms with Crippen molar-refractivity contribution in [1.29, 1.82) is 0 Å². The van der Waals surface area contributed by atoms with Gasteiger partial charge in [-0.15, -0.1) is 0 Å². The van der Waals surface area contributed by atoms with Crippen LogP contribution in [-0.2, 0) is 23.6 Å². The lowest BCUT2D eigenvalue weighted by Crippen LogP contribution is -2.32. The Morgan fingerprint density at radius 1 is 1.33 bits per heavy atom. The average Bonchev–Trinajstić information content (AvgIpc) is 2.15. The number of ether oxygens (including phenoxy) is 1. The third kappa shape index (κ3) is 5.29. The van der Waals surface area contributed by atoms with Crippen LogP contribution in [0.5, 0.6) is 0 Å². The largest absolute Gasteiger partial charge is 0.481 e. The quantitative estimate of drug-likeness (QED) is 0.471. The van der Waals surface area contributed by atoms with E-state index < -0.39 is 36.5 Å². The van der Waals surface area contributed by atoms with E-state index in [4.69, 9.17) is 10.2 Å². The van der Waals surface area contributed by atoms with Gasteiger partial charge in [-0.3, -0.25) is 4.79 Å². The van der Waals surface area contributed by atoms with Gasteiger partial charge in [0, 0.05) is 0 Å². The SMILES string of the molecule is C[C@H](OC(=O)[C@@H](O)CC(=O)O)C(=O)OP. The van der Waals surface area contributed by atoms with Crippen molar-refractivity contribution in [2.75, 3.05) is 0 Å². The summed E-state index contributed by atoms with van der Waals surface area (Å²) in [5.74, 6) is -3.35. The maximum absolute atomic E-state index is 11.0. The first-order valence-electron chi connectivity index (χ1n) is 3.89. The zero-order valence-corrected chi connectivity index (χ0v) is 9.03. The van der Waals surface area contributed by atoms with Crippen molar-refractivity contribution in [2.24, 2.45) is 0 Å². The number of esters is 1. The molecule has 0 amide bonds. The molecule has 0 saturated carbocycles. The van der Waals surface area contributed by atoms with Crippen LogP contribution in [0.4, 0.5) is 0 Å². The summed E-state index contributed by atoms with van der Waals surface area (Å²) in [7, 11) is 1.68. The van der Waals surface area contributed by atoms with Crippen LogP contribution in [0.2, 0.25) is 0 Å². The maximum atomic E-state index is 11.0. The molecule has 0 aromatic carbocycles. The number of carboxylic acid groups (broad SMARTS) is 1. The third-order valence-corrected chi connectivity index (χ3v) is 1.61. The minimum atomic E-state index is -1.79. The second-order valence-electron chi connectivity index (χ2n) is 2.63. The third-order valence-electron chi connectivity index (χ3n) is 1.38. The van der Waals surface area contributed by atoms with Gasteiger partial charge in [0.1, 0.15) is 0 Å². The van der Waals surface area contributed by atoms with Crippen LogP contribution in [0.15, 0.2) is 0 Å². The van der Waals surface area contributed by atoms with E-state index in [-0.39, 0.29) is 0 Å². The minimum Gasteiger partial charge on any atom is -0.481 e. The fourth-order valence-corrected chi connectivity index (χ4v) is 0.837. The highest BCUT2D eigenvalue weighted by molar-refractivity contribution is 7.10. The smallest absolute Gasteiger partial charge is 0.349 e. The first-order chi connectivity index (χ1) is 6.88. The van der Waals surface area contributed by atoms with Gasteiger partial charge >= 0.3 is 17.9 Å². The molecule has 15 heavy (non-hydrogen) atoms. The maximum Gasteiger partial charge on any atom is 0.349 e. The van der Waals surface area contributed by atoms with Gasteiger partial charge in [-0.2, -0.15) is 0 Å². The normalized spacial score (nSPS) is 13.8. The van der Waals surface area contributed by atoms with Crippen molar-refractivity contribution >= 4 is 27.4 Å². The van der Waals surface area contributed by atoms with E-state index >= 15 is 0 Å². The molecule has 8 heteroatoms. The molecule has 0 aromatic rings. The standard InChI is InChI=1S/C7H11O7P/c1-3(6(11)14-15)13-7(12)4(8)2-5(9)10/h3-4,8H,2,15H2,1H3,(H,9,10)/t3-,4-/m0/s1. The predicted molar refractivity (Wildman–Crippen MR) is 49.6 cm³/mol. The van der Waals surface area contributed by atoms with Crippen LogP contribution in [0.25, 0.3) is 0 Å². The molecule has 0 aliphatic rings. The molecule has 0 heterocycles. The van der Waals surface area contributed by atoms with Crippen molar-refractivity contribution in [1.82, 2.24) is 0 Å². The van der Waals surface area contributed by atoms with Gasteiger partial charge in [0.15, 0.2) is 12.2 Å². The number of rotatable bonds is 5. The highest BCUT2D eigenvalue weighted by Crippen LogP contribution is 2.02. The molecule has 0 radical (unpaired) electrons. The fourth-order valence-electron chi connectivity index (χ4n) is 0.645. The monoisotopic (exact) mass is 238 g/mol. The molecule has 7 nitrogen and oxygen atoms in total. The first-order valence-corrected chi connectivity index (χ1v) is 4.36. The molecule has 0 rings (SSSR count). The number of carboxylic acids is 1. The summed E-state index contributed by atoms with van der Waals surface area (Å²) in [6.45, 7) is 1.23. The molecule has 0 aliphatic heterocycles. The van der Waals surface area contributed by atoms with Gasteiger partial charge in [-0.1, -0.05) is 0 Å². The Balaban J connectivity index is 4.12. The van der Waals surface area contributed by atoms with Crippen LogP contribution >= 0.6 is 9.47 Å². The number of aliphatic carboxylic acids is 1. The van der Waals surface area contributed by atoms with Crippen LogP contribution in [0.1, 0.15) is 13.3 Å². The summed E-state index contributed by atoms with van der Waals surface area (Å²) in [6, 6.07) is 0. The Bertz CT molecular complexity index is 264. The summed E-state index contributed by atoms with van der Waals surface area (Å²) in [6.07, 6.45) is -3.76. The Labute approximate surface area is 87.6 Å². The second kappa shape index (κ2) is 6.31. The van der Waals surface area contributed by atoms with Crippen LogP contribution in [0, 0.1) is 0 Å². The van der Waals surface area contributed by atoms with E-state index in [2.05, 4.69) is 9.26 Å². The summed E-state index contributed by atoms with van der Waals surface area (Å²) >= 11 is 0. The summed E-state index contributed by atoms with van der Waals surface area (Å²) in [4.78, 5) is 31.9. The highest BCUT2D eigenvalue weighted by atomic mass is 31.0. The lowest BCUT2D eigenvalue weighted by molar-refractivity contribution is -0.169. The highest BCUT2D eigenvalue weighted by Gasteiger charge is 2.25. The van der Waals surface area contributed by atoms with Gasteiger partial charge < -0.3 is 19.5 Å². The Morgan fingerprint density at radius 2 is 1.87 bits per heavy atom. The molecular formula is C7H11O7P. The number of hydrogen-bond acceptors (Lipinski definition) is 6. The zero-order valence-electron chi connectivity index (χ0n) is 7.87. The van der Waals surface area contributed by atoms with Gasteiger partial charge in [-0.25, -0.2) is 9.59 Å². The topological polar surface area (TPSA) is 110 Å². The van der Waals surface area contributed by atoms with Crippen molar-refractivity contribution in [3.8, 4) is 0 Å². The number of aliphatic hydroxyl groups is 1. The minimum absolute atomic E-state index is 0.776. The molecular weight excluding hydrogens is 227 g/mol.